The lowest BCUT2D eigenvalue weighted by Crippen LogP contribution is -2.38. The second-order valence-electron chi connectivity index (χ2n) is 7.35. The molecule has 1 aromatic carbocycles. The highest BCUT2D eigenvalue weighted by Gasteiger charge is 2.94. The smallest absolute Gasteiger partial charge is 0.260 e. The van der Waals surface area contributed by atoms with Gasteiger partial charge in [0, 0.05) is 29.3 Å². The minimum atomic E-state index is -2.44. The summed E-state index contributed by atoms with van der Waals surface area (Å²) in [4.78, 5) is 11.3. The molecule has 2 spiro atoms. The average Bonchev–Trinajstić information content (AvgIpc) is 3.42. The normalized spacial score (nSPS) is 26.0. The number of piperidine rings is 1. The Morgan fingerprint density at radius 2 is 1.61 bits per heavy atom. The lowest BCUT2D eigenvalue weighted by Gasteiger charge is -2.33. The van der Waals surface area contributed by atoms with Gasteiger partial charge in [0.15, 0.2) is 0 Å². The first-order valence-corrected chi connectivity index (χ1v) is 8.37. The van der Waals surface area contributed by atoms with Crippen molar-refractivity contribution < 1.29 is 8.78 Å². The number of halogens is 2. The molecule has 2 saturated carbocycles. The van der Waals surface area contributed by atoms with Crippen LogP contribution in [0.2, 0.25) is 0 Å². The third-order valence-electron chi connectivity index (χ3n) is 6.49. The summed E-state index contributed by atoms with van der Waals surface area (Å²) in [5.74, 6) is -1.75. The summed E-state index contributed by atoms with van der Waals surface area (Å²) < 4.78 is 28.5. The third kappa shape index (κ3) is 1.49. The fraction of sp³-hybridized carbons (Fsp3) is 0.556. The Morgan fingerprint density at radius 3 is 2.26 bits per heavy atom. The Morgan fingerprint density at radius 1 is 0.957 bits per heavy atom. The Bertz CT molecular complexity index is 799. The van der Waals surface area contributed by atoms with E-state index in [0.717, 1.165) is 16.6 Å². The van der Waals surface area contributed by atoms with Crippen LogP contribution in [0.4, 0.5) is 14.7 Å². The van der Waals surface area contributed by atoms with Crippen molar-refractivity contribution in [1.82, 2.24) is 9.97 Å². The summed E-state index contributed by atoms with van der Waals surface area (Å²) >= 11 is 0. The van der Waals surface area contributed by atoms with E-state index in [4.69, 9.17) is 0 Å². The number of anilines is 1. The van der Waals surface area contributed by atoms with Crippen molar-refractivity contribution in [2.75, 3.05) is 18.0 Å². The topological polar surface area (TPSA) is 29.0 Å². The van der Waals surface area contributed by atoms with E-state index in [0.29, 0.717) is 44.7 Å². The number of fused-ring (bicyclic) bond motifs is 2. The lowest BCUT2D eigenvalue weighted by molar-refractivity contribution is 0.0467. The molecule has 0 bridgehead atoms. The van der Waals surface area contributed by atoms with Crippen molar-refractivity contribution in [3.63, 3.8) is 0 Å². The first-order valence-electron chi connectivity index (χ1n) is 8.37. The van der Waals surface area contributed by atoms with Crippen LogP contribution in [0, 0.1) is 17.8 Å². The van der Waals surface area contributed by atoms with E-state index in [1.165, 1.54) is 0 Å². The number of alkyl halides is 2. The second-order valence-corrected chi connectivity index (χ2v) is 7.35. The zero-order valence-corrected chi connectivity index (χ0v) is 13.1. The van der Waals surface area contributed by atoms with Crippen LogP contribution < -0.4 is 4.90 Å². The van der Waals surface area contributed by atoms with Crippen LogP contribution >= 0.6 is 0 Å². The molecule has 3 fully saturated rings. The molecule has 2 aromatic rings. The molecular formula is C18H19F2N3. The molecule has 0 unspecified atom stereocenters. The van der Waals surface area contributed by atoms with Crippen molar-refractivity contribution in [1.29, 1.82) is 0 Å². The molecule has 2 heterocycles. The zero-order valence-electron chi connectivity index (χ0n) is 13.1. The second kappa shape index (κ2) is 4.00. The van der Waals surface area contributed by atoms with Crippen LogP contribution in [-0.2, 0) is 0 Å². The van der Waals surface area contributed by atoms with E-state index in [1.807, 2.05) is 31.2 Å². The molecule has 3 nitrogen and oxygen atoms in total. The molecule has 120 valence electrons. The molecule has 0 N–H and O–H groups in total. The Balaban J connectivity index is 1.43. The van der Waals surface area contributed by atoms with Crippen LogP contribution in [0.25, 0.3) is 10.9 Å². The predicted molar refractivity (Wildman–Crippen MR) is 84.8 cm³/mol. The molecule has 0 radical (unpaired) electrons. The largest absolute Gasteiger partial charge is 0.341 e. The summed E-state index contributed by atoms with van der Waals surface area (Å²) in [5, 5.41) is 1.05. The number of rotatable bonds is 1. The van der Waals surface area contributed by atoms with Gasteiger partial charge < -0.3 is 4.90 Å². The van der Waals surface area contributed by atoms with Gasteiger partial charge in [0.1, 0.15) is 0 Å². The monoisotopic (exact) mass is 315 g/mol. The summed E-state index contributed by atoms with van der Waals surface area (Å²) in [6.07, 6.45) is 2.56. The van der Waals surface area contributed by atoms with Crippen molar-refractivity contribution in [2.24, 2.45) is 10.8 Å². The number of aromatic nitrogens is 2. The van der Waals surface area contributed by atoms with Crippen LogP contribution in [0.5, 0.6) is 0 Å². The highest BCUT2D eigenvalue weighted by Crippen LogP contribution is 2.89. The maximum atomic E-state index is 14.3. The van der Waals surface area contributed by atoms with E-state index >= 15 is 0 Å². The van der Waals surface area contributed by atoms with Gasteiger partial charge in [-0.3, -0.25) is 0 Å². The molecule has 0 amide bonds. The van der Waals surface area contributed by atoms with Gasteiger partial charge in [-0.2, -0.15) is 0 Å². The van der Waals surface area contributed by atoms with Gasteiger partial charge in [-0.1, -0.05) is 18.2 Å². The number of hydrogen-bond acceptors (Lipinski definition) is 3. The number of para-hydroxylation sites is 1. The zero-order chi connectivity index (χ0) is 15.9. The number of aryl methyl sites for hydroxylation is 1. The molecule has 3 aliphatic rings. The van der Waals surface area contributed by atoms with Gasteiger partial charge in [0.25, 0.3) is 5.92 Å². The number of hydrogen-bond donors (Lipinski definition) is 0. The minimum Gasteiger partial charge on any atom is -0.341 e. The fourth-order valence-corrected chi connectivity index (χ4v) is 4.90. The maximum Gasteiger partial charge on any atom is 0.260 e. The van der Waals surface area contributed by atoms with Crippen molar-refractivity contribution in [2.45, 2.75) is 38.5 Å². The van der Waals surface area contributed by atoms with Gasteiger partial charge >= 0.3 is 0 Å². The first kappa shape index (κ1) is 13.6. The van der Waals surface area contributed by atoms with Crippen molar-refractivity contribution in [3.05, 3.63) is 30.0 Å². The Kier molecular flexibility index (Phi) is 2.37. The molecule has 2 aliphatic carbocycles. The Hall–Kier alpha value is -1.78. The summed E-state index contributed by atoms with van der Waals surface area (Å²) in [5.41, 5.74) is 0.515. The minimum absolute atomic E-state index is 0.565. The van der Waals surface area contributed by atoms with Crippen LogP contribution in [-0.4, -0.2) is 29.0 Å². The maximum absolute atomic E-state index is 14.3. The number of nitrogens with zero attached hydrogens (tertiary/aromatic N) is 3. The predicted octanol–water partition coefficient (Wildman–Crippen LogP) is 3.95. The molecule has 0 atom stereocenters. The number of benzene rings is 1. The summed E-state index contributed by atoms with van der Waals surface area (Å²) in [6, 6.07) is 7.94. The molecule has 23 heavy (non-hydrogen) atoms. The summed E-state index contributed by atoms with van der Waals surface area (Å²) in [7, 11) is 0. The SMILES string of the molecule is Cc1nc(N2CCC3(CC2)C(F)(F)C32CC2)nc2ccccc12. The van der Waals surface area contributed by atoms with Crippen LogP contribution in [0.1, 0.15) is 31.4 Å². The molecule has 1 saturated heterocycles. The standard InChI is InChI=1S/C18H19F2N3/c1-12-13-4-2-3-5-14(13)22-15(21-12)23-10-8-17(9-11-23)16(6-7-16)18(17,19)20/h2-5H,6-11H2,1H3. The summed E-state index contributed by atoms with van der Waals surface area (Å²) in [6.45, 7) is 3.25. The van der Waals surface area contributed by atoms with E-state index in [9.17, 15) is 8.78 Å². The highest BCUT2D eigenvalue weighted by molar-refractivity contribution is 5.81. The Labute approximate surface area is 133 Å². The van der Waals surface area contributed by atoms with E-state index in [1.54, 1.807) is 0 Å². The quantitative estimate of drug-likeness (QED) is 0.798. The van der Waals surface area contributed by atoms with Gasteiger partial charge in [0.2, 0.25) is 5.95 Å². The van der Waals surface area contributed by atoms with Crippen molar-refractivity contribution >= 4 is 16.9 Å². The van der Waals surface area contributed by atoms with E-state index in [2.05, 4.69) is 14.9 Å². The molecule has 5 heteroatoms. The average molecular weight is 315 g/mol. The van der Waals surface area contributed by atoms with E-state index in [-0.39, 0.29) is 0 Å². The molecule has 5 rings (SSSR count). The van der Waals surface area contributed by atoms with E-state index < -0.39 is 16.8 Å². The van der Waals surface area contributed by atoms with Gasteiger partial charge in [-0.05, 0) is 38.7 Å². The van der Waals surface area contributed by atoms with Gasteiger partial charge in [-0.15, -0.1) is 0 Å². The van der Waals surface area contributed by atoms with Gasteiger partial charge in [-0.25, -0.2) is 18.7 Å². The van der Waals surface area contributed by atoms with Crippen LogP contribution in [0.3, 0.4) is 0 Å². The first-order chi connectivity index (χ1) is 11.0. The van der Waals surface area contributed by atoms with Crippen molar-refractivity contribution in [3.8, 4) is 0 Å². The fourth-order valence-electron chi connectivity index (χ4n) is 4.90. The van der Waals surface area contributed by atoms with Gasteiger partial charge in [0.05, 0.1) is 11.2 Å². The lowest BCUT2D eigenvalue weighted by atomic mass is 9.89. The van der Waals surface area contributed by atoms with Crippen LogP contribution in [0.15, 0.2) is 24.3 Å². The third-order valence-corrected chi connectivity index (χ3v) is 6.49. The molecule has 1 aliphatic heterocycles. The molecular weight excluding hydrogens is 296 g/mol. The molecule has 1 aromatic heterocycles. The highest BCUT2D eigenvalue weighted by atomic mass is 19.3.